The van der Waals surface area contributed by atoms with E-state index in [1.165, 1.54) is 18.3 Å². The lowest BCUT2D eigenvalue weighted by Gasteiger charge is -2.24. The smallest absolute Gasteiger partial charge is 0.264 e. The van der Waals surface area contributed by atoms with Crippen LogP contribution in [0, 0.1) is 3.57 Å². The van der Waals surface area contributed by atoms with Crippen molar-refractivity contribution in [1.29, 1.82) is 0 Å². The van der Waals surface area contributed by atoms with Gasteiger partial charge >= 0.3 is 0 Å². The van der Waals surface area contributed by atoms with Crippen molar-refractivity contribution in [3.63, 3.8) is 0 Å². The molecule has 3 aromatic rings. The highest BCUT2D eigenvalue weighted by Crippen LogP contribution is 2.24. The molecule has 138 valence electrons. The average Bonchev–Trinajstić information content (AvgIpc) is 2.68. The van der Waals surface area contributed by atoms with Gasteiger partial charge in [0.15, 0.2) is 0 Å². The molecule has 0 aliphatic heterocycles. The van der Waals surface area contributed by atoms with Crippen LogP contribution in [0.4, 0.5) is 11.4 Å². The minimum atomic E-state index is -3.90. The fraction of sp³-hybridized carbons (Fsp3) is 0.0526. The monoisotopic (exact) mass is 493 g/mol. The van der Waals surface area contributed by atoms with Crippen LogP contribution < -0.4 is 9.62 Å². The first-order valence-corrected chi connectivity index (χ1v) is 10.5. The zero-order chi connectivity index (χ0) is 19.3. The molecule has 1 heterocycles. The number of amides is 1. The number of halogens is 1. The Morgan fingerprint density at radius 1 is 1.00 bits per heavy atom. The summed E-state index contributed by atoms with van der Waals surface area (Å²) in [6.07, 6.45) is 3.09. The van der Waals surface area contributed by atoms with Gasteiger partial charge in [-0.3, -0.25) is 14.1 Å². The number of pyridine rings is 1. The minimum Gasteiger partial charge on any atom is -0.323 e. The SMILES string of the molecule is O=C(CN(c1ccc(I)cc1)S(=O)(=O)c1ccccc1)Nc1cccnc1. The molecule has 0 spiro atoms. The van der Waals surface area contributed by atoms with Crippen LogP contribution in [-0.4, -0.2) is 25.9 Å². The van der Waals surface area contributed by atoms with Crippen molar-refractivity contribution >= 4 is 49.9 Å². The second-order valence-corrected chi connectivity index (χ2v) is 8.70. The Balaban J connectivity index is 1.93. The normalized spacial score (nSPS) is 11.0. The lowest BCUT2D eigenvalue weighted by molar-refractivity contribution is -0.114. The van der Waals surface area contributed by atoms with Crippen LogP contribution in [0.3, 0.4) is 0 Å². The van der Waals surface area contributed by atoms with E-state index in [1.807, 2.05) is 0 Å². The molecule has 1 aromatic heterocycles. The zero-order valence-electron chi connectivity index (χ0n) is 14.1. The number of rotatable bonds is 6. The molecule has 8 heteroatoms. The summed E-state index contributed by atoms with van der Waals surface area (Å²) >= 11 is 2.14. The lowest BCUT2D eigenvalue weighted by atomic mass is 10.3. The third-order valence-corrected chi connectivity index (χ3v) is 6.19. The maximum Gasteiger partial charge on any atom is 0.264 e. The van der Waals surface area contributed by atoms with Crippen molar-refractivity contribution in [2.75, 3.05) is 16.2 Å². The molecule has 0 unspecified atom stereocenters. The van der Waals surface area contributed by atoms with E-state index in [2.05, 4.69) is 32.9 Å². The van der Waals surface area contributed by atoms with Gasteiger partial charge in [0.25, 0.3) is 10.0 Å². The maximum absolute atomic E-state index is 13.1. The number of nitrogens with one attached hydrogen (secondary N) is 1. The lowest BCUT2D eigenvalue weighted by Crippen LogP contribution is -2.38. The van der Waals surface area contributed by atoms with E-state index in [1.54, 1.807) is 60.8 Å². The summed E-state index contributed by atoms with van der Waals surface area (Å²) in [5.74, 6) is -0.457. The summed E-state index contributed by atoms with van der Waals surface area (Å²) in [5, 5.41) is 2.67. The summed E-state index contributed by atoms with van der Waals surface area (Å²) < 4.78 is 28.3. The van der Waals surface area contributed by atoms with Crippen molar-refractivity contribution < 1.29 is 13.2 Å². The number of carbonyl (C=O) groups excluding carboxylic acids is 1. The third-order valence-electron chi connectivity index (χ3n) is 3.68. The first-order chi connectivity index (χ1) is 13.0. The second-order valence-electron chi connectivity index (χ2n) is 5.59. The van der Waals surface area contributed by atoms with E-state index >= 15 is 0 Å². The highest BCUT2D eigenvalue weighted by atomic mass is 127. The van der Waals surface area contributed by atoms with Crippen LogP contribution in [0.1, 0.15) is 0 Å². The van der Waals surface area contributed by atoms with Crippen LogP contribution in [-0.2, 0) is 14.8 Å². The van der Waals surface area contributed by atoms with Crippen molar-refractivity contribution in [1.82, 2.24) is 4.98 Å². The molecular weight excluding hydrogens is 477 g/mol. The standard InChI is InChI=1S/C19H16IN3O3S/c20-15-8-10-17(11-9-15)23(27(25,26)18-6-2-1-3-7-18)14-19(24)22-16-5-4-12-21-13-16/h1-13H,14H2,(H,22,24). The quantitative estimate of drug-likeness (QED) is 0.534. The maximum atomic E-state index is 13.1. The van der Waals surface area contributed by atoms with Crippen LogP contribution >= 0.6 is 22.6 Å². The molecule has 0 saturated carbocycles. The molecule has 6 nitrogen and oxygen atoms in total. The Bertz CT molecular complexity index is 1010. The molecule has 0 fully saturated rings. The van der Waals surface area contributed by atoms with Crippen LogP contribution in [0.15, 0.2) is 84.0 Å². The number of benzene rings is 2. The number of aromatic nitrogens is 1. The molecule has 3 rings (SSSR count). The molecule has 0 aliphatic rings. The van der Waals surface area contributed by atoms with Gasteiger partial charge in [0.1, 0.15) is 6.54 Å². The summed E-state index contributed by atoms with van der Waals surface area (Å²) in [6, 6.07) is 18.4. The van der Waals surface area contributed by atoms with Gasteiger partial charge < -0.3 is 5.32 Å². The van der Waals surface area contributed by atoms with E-state index in [9.17, 15) is 13.2 Å². The molecule has 0 bridgehead atoms. The Kier molecular flexibility index (Phi) is 6.07. The number of hydrogen-bond acceptors (Lipinski definition) is 4. The summed E-state index contributed by atoms with van der Waals surface area (Å²) in [4.78, 5) is 16.6. The fourth-order valence-corrected chi connectivity index (χ4v) is 4.21. The molecule has 0 saturated heterocycles. The van der Waals surface area contributed by atoms with Gasteiger partial charge in [-0.2, -0.15) is 0 Å². The topological polar surface area (TPSA) is 79.4 Å². The molecule has 27 heavy (non-hydrogen) atoms. The molecule has 1 amide bonds. The minimum absolute atomic E-state index is 0.123. The zero-order valence-corrected chi connectivity index (χ0v) is 17.1. The number of carbonyl (C=O) groups is 1. The van der Waals surface area contributed by atoms with E-state index in [0.717, 1.165) is 7.88 Å². The number of nitrogens with zero attached hydrogens (tertiary/aromatic N) is 2. The van der Waals surface area contributed by atoms with E-state index in [4.69, 9.17) is 0 Å². The first kappa shape index (κ1) is 19.3. The van der Waals surface area contributed by atoms with Gasteiger partial charge in [0.05, 0.1) is 22.5 Å². The van der Waals surface area contributed by atoms with E-state index < -0.39 is 15.9 Å². The fourth-order valence-electron chi connectivity index (χ4n) is 2.41. The van der Waals surface area contributed by atoms with Gasteiger partial charge in [0.2, 0.25) is 5.91 Å². The Morgan fingerprint density at radius 2 is 1.70 bits per heavy atom. The molecule has 0 aliphatic carbocycles. The number of sulfonamides is 1. The third kappa shape index (κ3) is 4.83. The van der Waals surface area contributed by atoms with Crippen molar-refractivity contribution in [2.45, 2.75) is 4.90 Å². The van der Waals surface area contributed by atoms with Crippen molar-refractivity contribution in [2.24, 2.45) is 0 Å². The van der Waals surface area contributed by atoms with Crippen LogP contribution in [0.25, 0.3) is 0 Å². The van der Waals surface area contributed by atoms with Crippen LogP contribution in [0.5, 0.6) is 0 Å². The van der Waals surface area contributed by atoms with Gasteiger partial charge in [-0.1, -0.05) is 18.2 Å². The summed E-state index contributed by atoms with van der Waals surface area (Å²) in [6.45, 7) is -0.354. The molecule has 0 atom stereocenters. The Morgan fingerprint density at radius 3 is 2.33 bits per heavy atom. The molecule has 2 aromatic carbocycles. The van der Waals surface area contributed by atoms with Gasteiger partial charge in [-0.15, -0.1) is 0 Å². The second kappa shape index (κ2) is 8.49. The van der Waals surface area contributed by atoms with Gasteiger partial charge in [-0.05, 0) is 71.1 Å². The summed E-state index contributed by atoms with van der Waals surface area (Å²) in [7, 11) is -3.90. The Hall–Kier alpha value is -2.46. The molecule has 1 N–H and O–H groups in total. The van der Waals surface area contributed by atoms with Gasteiger partial charge in [-0.25, -0.2) is 8.42 Å². The molecular formula is C19H16IN3O3S. The number of anilines is 2. The highest BCUT2D eigenvalue weighted by Gasteiger charge is 2.27. The van der Waals surface area contributed by atoms with Crippen molar-refractivity contribution in [3.05, 3.63) is 82.7 Å². The highest BCUT2D eigenvalue weighted by molar-refractivity contribution is 14.1. The largest absolute Gasteiger partial charge is 0.323 e. The first-order valence-electron chi connectivity index (χ1n) is 8.00. The predicted molar refractivity (Wildman–Crippen MR) is 113 cm³/mol. The van der Waals surface area contributed by atoms with Gasteiger partial charge in [0, 0.05) is 9.77 Å². The van der Waals surface area contributed by atoms with Crippen LogP contribution in [0.2, 0.25) is 0 Å². The van der Waals surface area contributed by atoms with Crippen molar-refractivity contribution in [3.8, 4) is 0 Å². The van der Waals surface area contributed by atoms with E-state index in [-0.39, 0.29) is 11.4 Å². The predicted octanol–water partition coefficient (Wildman–Crippen LogP) is 3.52. The Labute approximate surface area is 171 Å². The molecule has 0 radical (unpaired) electrons. The average molecular weight is 493 g/mol. The number of hydrogen-bond donors (Lipinski definition) is 1. The van der Waals surface area contributed by atoms with E-state index in [0.29, 0.717) is 11.4 Å². The summed E-state index contributed by atoms with van der Waals surface area (Å²) in [5.41, 5.74) is 0.919.